The molecule has 0 amide bonds. The van der Waals surface area contributed by atoms with Crippen molar-refractivity contribution in [3.8, 4) is 0 Å². The van der Waals surface area contributed by atoms with Gasteiger partial charge >= 0.3 is 0 Å². The predicted octanol–water partition coefficient (Wildman–Crippen LogP) is 5.08. The smallest absolute Gasteiger partial charge is 0.175 e. The largest absolute Gasteiger partial charge is 0.376 e. The van der Waals surface area contributed by atoms with Gasteiger partial charge in [-0.25, -0.2) is 8.42 Å². The summed E-state index contributed by atoms with van der Waals surface area (Å²) in [5.74, 6) is 0. The third kappa shape index (κ3) is 4.24. The Bertz CT molecular complexity index is 834. The molecule has 27 heavy (non-hydrogen) atoms. The summed E-state index contributed by atoms with van der Waals surface area (Å²) in [6.45, 7) is 19.9. The molecule has 0 saturated heterocycles. The van der Waals surface area contributed by atoms with E-state index in [-0.39, 0.29) is 16.6 Å². The highest BCUT2D eigenvalue weighted by Gasteiger charge is 2.46. The maximum Gasteiger partial charge on any atom is 0.175 e. The molecule has 0 N–H and O–H groups in total. The normalized spacial score (nSPS) is 19.1. The van der Waals surface area contributed by atoms with Gasteiger partial charge in [-0.1, -0.05) is 27.4 Å². The maximum atomic E-state index is 12.0. The van der Waals surface area contributed by atoms with Crippen LogP contribution in [0.5, 0.6) is 0 Å². The van der Waals surface area contributed by atoms with Crippen molar-refractivity contribution < 1.29 is 13.2 Å². The average molecular weight is 394 g/mol. The second kappa shape index (κ2) is 6.93. The quantitative estimate of drug-likeness (QED) is 0.676. The van der Waals surface area contributed by atoms with Crippen LogP contribution in [0.15, 0.2) is 35.4 Å². The van der Waals surface area contributed by atoms with E-state index in [1.807, 2.05) is 12.1 Å². The van der Waals surface area contributed by atoms with Crippen LogP contribution in [0.1, 0.15) is 66.9 Å². The van der Waals surface area contributed by atoms with Crippen LogP contribution in [0, 0.1) is 0 Å². The lowest BCUT2D eigenvalue weighted by Gasteiger charge is -2.43. The van der Waals surface area contributed by atoms with E-state index in [1.165, 1.54) is 6.26 Å². The van der Waals surface area contributed by atoms with Crippen LogP contribution in [-0.2, 0) is 20.0 Å². The van der Waals surface area contributed by atoms with Crippen molar-refractivity contribution in [1.29, 1.82) is 0 Å². The van der Waals surface area contributed by atoms with Gasteiger partial charge in [0.1, 0.15) is 0 Å². The summed E-state index contributed by atoms with van der Waals surface area (Å²) in [5.41, 5.74) is 2.43. The first-order valence-electron chi connectivity index (χ1n) is 9.62. The van der Waals surface area contributed by atoms with Crippen molar-refractivity contribution in [3.05, 3.63) is 36.0 Å². The molecule has 4 nitrogen and oxygen atoms in total. The lowest BCUT2D eigenvalue weighted by Crippen LogP contribution is -2.46. The Labute approximate surface area is 165 Å². The fourth-order valence-corrected chi connectivity index (χ4v) is 4.31. The molecule has 1 heterocycles. The third-order valence-corrected chi connectivity index (χ3v) is 6.89. The van der Waals surface area contributed by atoms with Gasteiger partial charge in [0.05, 0.1) is 10.5 Å². The van der Waals surface area contributed by atoms with E-state index < -0.39 is 9.84 Å². The van der Waals surface area contributed by atoms with Crippen LogP contribution >= 0.6 is 0 Å². The number of nitrogens with zero attached hydrogens (tertiary/aromatic N) is 1. The first-order valence-corrected chi connectivity index (χ1v) is 11.5. The van der Waals surface area contributed by atoms with Gasteiger partial charge < -0.3 is 9.64 Å². The highest BCUT2D eigenvalue weighted by Crippen LogP contribution is 2.51. The van der Waals surface area contributed by atoms with E-state index in [2.05, 4.69) is 59.9 Å². The Morgan fingerprint density at radius 1 is 1.19 bits per heavy atom. The monoisotopic (exact) mass is 393 g/mol. The minimum atomic E-state index is -3.25. The summed E-state index contributed by atoms with van der Waals surface area (Å²) in [6, 6.07) is 5.46. The molecule has 1 atom stereocenters. The molecular formula is C22H35NO3S. The summed E-state index contributed by atoms with van der Waals surface area (Å²) in [4.78, 5) is 2.67. The first kappa shape index (κ1) is 22.0. The number of hydrogen-bond acceptors (Lipinski definition) is 4. The summed E-state index contributed by atoms with van der Waals surface area (Å²) in [7, 11) is -3.25. The minimum Gasteiger partial charge on any atom is -0.376 e. The Kier molecular flexibility index (Phi) is 5.63. The van der Waals surface area contributed by atoms with Crippen molar-refractivity contribution in [3.63, 3.8) is 0 Å². The molecule has 152 valence electrons. The number of rotatable bonds is 6. The Hall–Kier alpha value is -1.33. The van der Waals surface area contributed by atoms with Crippen molar-refractivity contribution in [2.45, 2.75) is 82.8 Å². The number of allylic oxidation sites excluding steroid dienone is 1. The van der Waals surface area contributed by atoms with Gasteiger partial charge in [-0.05, 0) is 64.3 Å². The van der Waals surface area contributed by atoms with E-state index in [9.17, 15) is 8.42 Å². The molecule has 5 heteroatoms. The van der Waals surface area contributed by atoms with Gasteiger partial charge in [-0.2, -0.15) is 0 Å². The molecule has 1 aliphatic rings. The first-order chi connectivity index (χ1) is 12.1. The zero-order valence-corrected chi connectivity index (χ0v) is 19.0. The number of hydrogen-bond donors (Lipinski definition) is 0. The molecule has 0 fully saturated rings. The number of fused-ring (bicyclic) bond motifs is 1. The van der Waals surface area contributed by atoms with E-state index in [0.717, 1.165) is 29.8 Å². The molecule has 0 saturated carbocycles. The van der Waals surface area contributed by atoms with Crippen LogP contribution in [0.25, 0.3) is 0 Å². The van der Waals surface area contributed by atoms with E-state index >= 15 is 0 Å². The summed E-state index contributed by atoms with van der Waals surface area (Å²) >= 11 is 0. The number of ether oxygens (including phenoxy) is 1. The molecule has 0 bridgehead atoms. The van der Waals surface area contributed by atoms with E-state index in [0.29, 0.717) is 11.5 Å². The van der Waals surface area contributed by atoms with Gasteiger partial charge in [0, 0.05) is 35.2 Å². The van der Waals surface area contributed by atoms with Crippen LogP contribution in [-0.4, -0.2) is 32.4 Å². The zero-order chi connectivity index (χ0) is 20.8. The van der Waals surface area contributed by atoms with Crippen molar-refractivity contribution in [1.82, 2.24) is 0 Å². The van der Waals surface area contributed by atoms with Gasteiger partial charge in [0.15, 0.2) is 9.84 Å². The van der Waals surface area contributed by atoms with Gasteiger partial charge in [0.25, 0.3) is 0 Å². The lowest BCUT2D eigenvalue weighted by atomic mass is 9.84. The molecule has 1 aromatic carbocycles. The average Bonchev–Trinajstić information content (AvgIpc) is 2.72. The molecule has 2 rings (SSSR count). The van der Waals surface area contributed by atoms with Gasteiger partial charge in [-0.15, -0.1) is 0 Å². The fraction of sp³-hybridized carbons (Fsp3) is 0.636. The molecule has 0 spiro atoms. The van der Waals surface area contributed by atoms with Crippen LogP contribution in [0.3, 0.4) is 0 Å². The number of benzene rings is 1. The molecule has 0 aliphatic carbocycles. The molecular weight excluding hydrogens is 358 g/mol. The Morgan fingerprint density at radius 2 is 1.78 bits per heavy atom. The second-order valence-electron chi connectivity index (χ2n) is 9.42. The summed E-state index contributed by atoms with van der Waals surface area (Å²) in [5, 5.41) is 0. The fourth-order valence-electron chi connectivity index (χ4n) is 3.66. The molecule has 0 aromatic heterocycles. The zero-order valence-electron chi connectivity index (χ0n) is 18.1. The van der Waals surface area contributed by atoms with Gasteiger partial charge in [-0.3, -0.25) is 0 Å². The summed E-state index contributed by atoms with van der Waals surface area (Å²) < 4.78 is 30.1. The molecule has 1 unspecified atom stereocenters. The molecule has 1 aliphatic heterocycles. The topological polar surface area (TPSA) is 46.6 Å². The van der Waals surface area contributed by atoms with Crippen LogP contribution < -0.4 is 4.90 Å². The SMILES string of the molecule is C=C1N(C(C)(CC)CCOC(C)(C)C)c2ccc(S(C)(=O)=O)cc2C1(C)C. The number of sulfone groups is 1. The predicted molar refractivity (Wildman–Crippen MR) is 113 cm³/mol. The second-order valence-corrected chi connectivity index (χ2v) is 11.4. The standard InChI is InChI=1S/C22H35NO3S/c1-10-22(8,13-14-26-20(3,4)5)23-16(2)21(6,7)18-15-17(27(9,24)25)11-12-19(18)23/h11-12,15H,2,10,13-14H2,1,3-9H3. The van der Waals surface area contributed by atoms with Crippen molar-refractivity contribution in [2.24, 2.45) is 0 Å². The van der Waals surface area contributed by atoms with Crippen LogP contribution in [0.4, 0.5) is 5.69 Å². The molecule has 0 radical (unpaired) electrons. The maximum absolute atomic E-state index is 12.0. The highest BCUT2D eigenvalue weighted by atomic mass is 32.2. The third-order valence-electron chi connectivity index (χ3n) is 5.78. The number of anilines is 1. The van der Waals surface area contributed by atoms with Crippen LogP contribution in [0.2, 0.25) is 0 Å². The minimum absolute atomic E-state index is 0.155. The summed E-state index contributed by atoms with van der Waals surface area (Å²) in [6.07, 6.45) is 3.05. The highest BCUT2D eigenvalue weighted by molar-refractivity contribution is 7.90. The Morgan fingerprint density at radius 3 is 2.26 bits per heavy atom. The van der Waals surface area contributed by atoms with Crippen molar-refractivity contribution >= 4 is 15.5 Å². The van der Waals surface area contributed by atoms with E-state index in [1.54, 1.807) is 6.07 Å². The molecule has 1 aromatic rings. The van der Waals surface area contributed by atoms with Crippen molar-refractivity contribution in [2.75, 3.05) is 17.8 Å². The Balaban J connectivity index is 2.48. The van der Waals surface area contributed by atoms with E-state index in [4.69, 9.17) is 4.74 Å². The van der Waals surface area contributed by atoms with Gasteiger partial charge in [0.2, 0.25) is 0 Å². The lowest BCUT2D eigenvalue weighted by molar-refractivity contribution is -0.0107.